The van der Waals surface area contributed by atoms with Gasteiger partial charge in [-0.3, -0.25) is 4.79 Å². The smallest absolute Gasteiger partial charge is 0.276 e. The first-order valence-corrected chi connectivity index (χ1v) is 8.67. The number of hydrogen-bond acceptors (Lipinski definition) is 4. The Kier molecular flexibility index (Phi) is 3.90. The summed E-state index contributed by atoms with van der Waals surface area (Å²) in [6, 6.07) is 11.8. The monoisotopic (exact) mass is 342 g/mol. The van der Waals surface area contributed by atoms with E-state index in [1.807, 2.05) is 17.5 Å². The maximum atomic E-state index is 13.1. The van der Waals surface area contributed by atoms with Gasteiger partial charge in [0, 0.05) is 12.6 Å². The van der Waals surface area contributed by atoms with Gasteiger partial charge in [-0.15, -0.1) is 11.3 Å². The van der Waals surface area contributed by atoms with E-state index in [1.165, 1.54) is 23.5 Å². The molecule has 0 N–H and O–H groups in total. The molecule has 1 aromatic carbocycles. The standard InChI is InChI=1S/C18H15FN2O2S/c19-13-7-5-12(6-8-13)15-3-1-9-21(15)18(22)14-11-16(23-20-14)17-4-2-10-24-17/h2,4-8,10-11,15H,1,3,9H2/t15-/m1/s1. The lowest BCUT2D eigenvalue weighted by Gasteiger charge is -2.24. The van der Waals surface area contributed by atoms with Crippen molar-refractivity contribution in [2.75, 3.05) is 6.54 Å². The minimum atomic E-state index is -0.272. The molecule has 24 heavy (non-hydrogen) atoms. The van der Waals surface area contributed by atoms with Crippen molar-refractivity contribution in [2.45, 2.75) is 18.9 Å². The highest BCUT2D eigenvalue weighted by molar-refractivity contribution is 7.13. The number of carbonyl (C=O) groups excluding carboxylic acids is 1. The van der Waals surface area contributed by atoms with Crippen LogP contribution in [0.1, 0.15) is 34.9 Å². The number of halogens is 1. The molecule has 1 aliphatic heterocycles. The summed E-state index contributed by atoms with van der Waals surface area (Å²) in [5.74, 6) is 0.186. The van der Waals surface area contributed by atoms with Crippen LogP contribution in [0.15, 0.2) is 52.4 Å². The number of thiophene rings is 1. The average Bonchev–Trinajstić information content (AvgIpc) is 3.34. The molecule has 1 fully saturated rings. The number of aromatic nitrogens is 1. The number of amides is 1. The summed E-state index contributed by atoms with van der Waals surface area (Å²) in [5.41, 5.74) is 1.26. The van der Waals surface area contributed by atoms with Gasteiger partial charge in [-0.2, -0.15) is 0 Å². The van der Waals surface area contributed by atoms with Crippen LogP contribution < -0.4 is 0 Å². The molecule has 3 aromatic rings. The molecule has 2 aromatic heterocycles. The first kappa shape index (κ1) is 15.1. The van der Waals surface area contributed by atoms with Crippen molar-refractivity contribution in [3.05, 3.63) is 64.9 Å². The Morgan fingerprint density at radius 1 is 1.29 bits per heavy atom. The number of carbonyl (C=O) groups is 1. The molecule has 0 spiro atoms. The van der Waals surface area contributed by atoms with E-state index in [-0.39, 0.29) is 17.8 Å². The fourth-order valence-corrected chi connectivity index (χ4v) is 3.77. The molecule has 1 amide bonds. The van der Waals surface area contributed by atoms with Gasteiger partial charge in [-0.25, -0.2) is 4.39 Å². The molecular formula is C18H15FN2O2S. The highest BCUT2D eigenvalue weighted by atomic mass is 32.1. The number of benzene rings is 1. The maximum Gasteiger partial charge on any atom is 0.276 e. The van der Waals surface area contributed by atoms with Crippen LogP contribution in [0.2, 0.25) is 0 Å². The van der Waals surface area contributed by atoms with Gasteiger partial charge < -0.3 is 9.42 Å². The van der Waals surface area contributed by atoms with Crippen LogP contribution in [0.5, 0.6) is 0 Å². The van der Waals surface area contributed by atoms with Gasteiger partial charge in [-0.1, -0.05) is 23.4 Å². The fourth-order valence-electron chi connectivity index (χ4n) is 3.10. The SMILES string of the molecule is O=C(c1cc(-c2cccs2)on1)N1CCC[C@@H]1c1ccc(F)cc1. The Morgan fingerprint density at radius 3 is 2.88 bits per heavy atom. The van der Waals surface area contributed by atoms with E-state index in [0.717, 1.165) is 23.3 Å². The molecule has 6 heteroatoms. The topological polar surface area (TPSA) is 46.3 Å². The molecule has 1 atom stereocenters. The van der Waals surface area contributed by atoms with Crippen LogP contribution >= 0.6 is 11.3 Å². The summed E-state index contributed by atoms with van der Waals surface area (Å²) >= 11 is 1.54. The van der Waals surface area contributed by atoms with Gasteiger partial charge in [-0.05, 0) is 42.0 Å². The minimum absolute atomic E-state index is 0.0417. The van der Waals surface area contributed by atoms with Crippen molar-refractivity contribution in [3.63, 3.8) is 0 Å². The van der Waals surface area contributed by atoms with Gasteiger partial charge in [0.2, 0.25) is 0 Å². The Bertz CT molecular complexity index is 842. The second-order valence-electron chi connectivity index (χ2n) is 5.76. The second kappa shape index (κ2) is 6.20. The van der Waals surface area contributed by atoms with Crippen molar-refractivity contribution in [1.82, 2.24) is 10.1 Å². The van der Waals surface area contributed by atoms with Gasteiger partial charge >= 0.3 is 0 Å². The first-order valence-electron chi connectivity index (χ1n) is 7.79. The summed E-state index contributed by atoms with van der Waals surface area (Å²) in [4.78, 5) is 15.6. The van der Waals surface area contributed by atoms with Gasteiger partial charge in [0.05, 0.1) is 10.9 Å². The molecule has 122 valence electrons. The third kappa shape index (κ3) is 2.73. The van der Waals surface area contributed by atoms with E-state index in [9.17, 15) is 9.18 Å². The van der Waals surface area contributed by atoms with Crippen molar-refractivity contribution in [2.24, 2.45) is 0 Å². The molecule has 0 radical (unpaired) electrons. The van der Waals surface area contributed by atoms with Crippen molar-refractivity contribution >= 4 is 17.2 Å². The predicted octanol–water partition coefficient (Wildman–Crippen LogP) is 4.52. The number of likely N-dealkylation sites (tertiary alicyclic amines) is 1. The molecule has 1 saturated heterocycles. The highest BCUT2D eigenvalue weighted by Gasteiger charge is 2.32. The summed E-state index contributed by atoms with van der Waals surface area (Å²) in [7, 11) is 0. The largest absolute Gasteiger partial charge is 0.355 e. The van der Waals surface area contributed by atoms with E-state index in [4.69, 9.17) is 4.52 Å². The second-order valence-corrected chi connectivity index (χ2v) is 6.71. The number of hydrogen-bond donors (Lipinski definition) is 0. The van der Waals surface area contributed by atoms with Crippen LogP contribution in [0.3, 0.4) is 0 Å². The summed E-state index contributed by atoms with van der Waals surface area (Å²) in [6.45, 7) is 0.669. The minimum Gasteiger partial charge on any atom is -0.355 e. The van der Waals surface area contributed by atoms with Crippen LogP contribution in [0, 0.1) is 5.82 Å². The van der Waals surface area contributed by atoms with E-state index in [0.29, 0.717) is 18.0 Å². The van der Waals surface area contributed by atoms with Gasteiger partial charge in [0.15, 0.2) is 11.5 Å². The lowest BCUT2D eigenvalue weighted by Crippen LogP contribution is -2.30. The van der Waals surface area contributed by atoms with Gasteiger partial charge in [0.1, 0.15) is 5.82 Å². The lowest BCUT2D eigenvalue weighted by atomic mass is 10.0. The van der Waals surface area contributed by atoms with E-state index in [1.54, 1.807) is 23.1 Å². The molecular weight excluding hydrogens is 327 g/mol. The zero-order valence-corrected chi connectivity index (χ0v) is 13.6. The van der Waals surface area contributed by atoms with Crippen LogP contribution in [0.25, 0.3) is 10.6 Å². The van der Waals surface area contributed by atoms with Crippen molar-refractivity contribution in [1.29, 1.82) is 0 Å². The average molecular weight is 342 g/mol. The third-order valence-corrected chi connectivity index (χ3v) is 5.15. The van der Waals surface area contributed by atoms with E-state index < -0.39 is 0 Å². The van der Waals surface area contributed by atoms with Gasteiger partial charge in [0.25, 0.3) is 5.91 Å². The Hall–Kier alpha value is -2.47. The van der Waals surface area contributed by atoms with E-state index in [2.05, 4.69) is 5.16 Å². The Labute approximate surface area is 142 Å². The third-order valence-electron chi connectivity index (χ3n) is 4.26. The molecule has 0 bridgehead atoms. The summed E-state index contributed by atoms with van der Waals surface area (Å²) in [5, 5.41) is 5.89. The lowest BCUT2D eigenvalue weighted by molar-refractivity contribution is 0.0725. The first-order chi connectivity index (χ1) is 11.7. The zero-order valence-electron chi connectivity index (χ0n) is 12.8. The highest BCUT2D eigenvalue weighted by Crippen LogP contribution is 2.34. The van der Waals surface area contributed by atoms with Crippen LogP contribution in [-0.2, 0) is 0 Å². The Morgan fingerprint density at radius 2 is 2.12 bits per heavy atom. The molecule has 4 rings (SSSR count). The predicted molar refractivity (Wildman–Crippen MR) is 89.2 cm³/mol. The van der Waals surface area contributed by atoms with Crippen molar-refractivity contribution < 1.29 is 13.7 Å². The van der Waals surface area contributed by atoms with Crippen molar-refractivity contribution in [3.8, 4) is 10.6 Å². The zero-order chi connectivity index (χ0) is 16.5. The number of rotatable bonds is 3. The quantitative estimate of drug-likeness (QED) is 0.703. The molecule has 0 saturated carbocycles. The normalized spacial score (nSPS) is 17.4. The maximum absolute atomic E-state index is 13.1. The number of nitrogens with zero attached hydrogens (tertiary/aromatic N) is 2. The molecule has 0 unspecified atom stereocenters. The molecule has 0 aliphatic carbocycles. The molecule has 4 nitrogen and oxygen atoms in total. The Balaban J connectivity index is 1.58. The fraction of sp³-hybridized carbons (Fsp3) is 0.222. The van der Waals surface area contributed by atoms with Crippen LogP contribution in [0.4, 0.5) is 4.39 Å². The van der Waals surface area contributed by atoms with Crippen LogP contribution in [-0.4, -0.2) is 22.5 Å². The molecule has 3 heterocycles. The molecule has 1 aliphatic rings. The van der Waals surface area contributed by atoms with E-state index >= 15 is 0 Å². The summed E-state index contributed by atoms with van der Waals surface area (Å²) < 4.78 is 18.4. The summed E-state index contributed by atoms with van der Waals surface area (Å²) in [6.07, 6.45) is 1.79.